The van der Waals surface area contributed by atoms with Crippen LogP contribution in [0.1, 0.15) is 41.5 Å². The molecule has 162 valence electrons. The molecule has 33 heavy (non-hydrogen) atoms. The Balaban J connectivity index is 0.000000192. The van der Waals surface area contributed by atoms with Crippen LogP contribution in [0.15, 0.2) is 96.6 Å². The van der Waals surface area contributed by atoms with Gasteiger partial charge in [0.05, 0.1) is 0 Å². The van der Waals surface area contributed by atoms with Gasteiger partial charge in [-0.25, -0.2) is 0 Å². The van der Waals surface area contributed by atoms with Crippen molar-refractivity contribution in [2.45, 2.75) is 38.5 Å². The molecule has 0 amide bonds. The van der Waals surface area contributed by atoms with E-state index in [9.17, 15) is 0 Å². The highest BCUT2D eigenvalue weighted by Gasteiger charge is 2.22. The zero-order chi connectivity index (χ0) is 22.0. The first kappa shape index (κ1) is 20.0. The highest BCUT2D eigenvalue weighted by atomic mass is 14.9. The van der Waals surface area contributed by atoms with E-state index < -0.39 is 0 Å². The van der Waals surface area contributed by atoms with Crippen molar-refractivity contribution in [3.05, 3.63) is 119 Å². The van der Waals surface area contributed by atoms with Gasteiger partial charge in [-0.05, 0) is 113 Å². The minimum atomic E-state index is 1.13. The predicted molar refractivity (Wildman–Crippen MR) is 138 cm³/mol. The highest BCUT2D eigenvalue weighted by Crippen LogP contribution is 2.41. The third-order valence-corrected chi connectivity index (χ3v) is 7.16. The number of fused-ring (bicyclic) bond motifs is 8. The third-order valence-electron chi connectivity index (χ3n) is 7.16. The number of pyridine rings is 1. The number of nitrogens with zero attached hydrogens (tertiary/aromatic N) is 1. The van der Waals surface area contributed by atoms with Crippen molar-refractivity contribution in [3.63, 3.8) is 0 Å². The lowest BCUT2D eigenvalue weighted by Crippen LogP contribution is -2.10. The van der Waals surface area contributed by atoms with Crippen LogP contribution in [0.2, 0.25) is 0 Å². The molecule has 0 saturated carbocycles. The van der Waals surface area contributed by atoms with Gasteiger partial charge >= 0.3 is 0 Å². The minimum absolute atomic E-state index is 1.13. The molecule has 3 heterocycles. The van der Waals surface area contributed by atoms with Gasteiger partial charge in [-0.3, -0.25) is 4.98 Å². The monoisotopic (exact) mass is 428 g/mol. The van der Waals surface area contributed by atoms with Crippen molar-refractivity contribution in [2.24, 2.45) is 0 Å². The fraction of sp³-hybridized carbons (Fsp3) is 0.194. The number of hydrogen-bond donors (Lipinski definition) is 1. The summed E-state index contributed by atoms with van der Waals surface area (Å²) in [6.45, 7) is 0. The quantitative estimate of drug-likeness (QED) is 0.444. The van der Waals surface area contributed by atoms with Crippen LogP contribution in [0.4, 0.5) is 0 Å². The second kappa shape index (κ2) is 8.71. The lowest BCUT2D eigenvalue weighted by Gasteiger charge is -2.27. The zero-order valence-corrected chi connectivity index (χ0v) is 18.9. The van der Waals surface area contributed by atoms with Gasteiger partial charge in [0.1, 0.15) is 0 Å². The van der Waals surface area contributed by atoms with Crippen LogP contribution in [0.3, 0.4) is 0 Å². The predicted octanol–water partition coefficient (Wildman–Crippen LogP) is 7.18. The number of allylic oxidation sites excluding steroid dienone is 6. The minimum Gasteiger partial charge on any atom is -0.365 e. The van der Waals surface area contributed by atoms with Crippen LogP contribution < -0.4 is 5.32 Å². The van der Waals surface area contributed by atoms with Crippen LogP contribution in [0.5, 0.6) is 0 Å². The van der Waals surface area contributed by atoms with Crippen LogP contribution in [0, 0.1) is 0 Å². The molecule has 0 unspecified atom stereocenters. The van der Waals surface area contributed by atoms with Crippen LogP contribution in [0.25, 0.3) is 28.3 Å². The molecule has 3 aliphatic carbocycles. The first-order valence-electron chi connectivity index (χ1n) is 12.0. The maximum absolute atomic E-state index is 4.16. The number of rotatable bonds is 1. The normalized spacial score (nSPS) is 16.7. The summed E-state index contributed by atoms with van der Waals surface area (Å²) < 4.78 is 0. The van der Waals surface area contributed by atoms with Crippen molar-refractivity contribution in [2.75, 3.05) is 0 Å². The summed E-state index contributed by atoms with van der Waals surface area (Å²) in [5.74, 6) is 0. The maximum atomic E-state index is 4.16. The molecule has 2 bridgehead atoms. The summed E-state index contributed by atoms with van der Waals surface area (Å²) in [4.78, 5) is 4.16. The molecule has 0 fully saturated rings. The number of benzene rings is 2. The molecule has 1 N–H and O–H groups in total. The molecular formula is C31H28N2. The van der Waals surface area contributed by atoms with Crippen LogP contribution in [-0.2, 0) is 19.3 Å². The summed E-state index contributed by atoms with van der Waals surface area (Å²) in [6.07, 6.45) is 23.9. The van der Waals surface area contributed by atoms with Crippen molar-refractivity contribution < 1.29 is 0 Å². The van der Waals surface area contributed by atoms with E-state index in [-0.39, 0.29) is 0 Å². The highest BCUT2D eigenvalue weighted by molar-refractivity contribution is 5.83. The van der Waals surface area contributed by atoms with Gasteiger partial charge in [0.25, 0.3) is 0 Å². The molecule has 3 aromatic rings. The molecule has 0 radical (unpaired) electrons. The number of hydrogen-bond acceptors (Lipinski definition) is 2. The lowest BCUT2D eigenvalue weighted by atomic mass is 9.78. The van der Waals surface area contributed by atoms with Gasteiger partial charge in [-0.15, -0.1) is 0 Å². The average Bonchev–Trinajstić information content (AvgIpc) is 3.27. The molecule has 0 saturated heterocycles. The topological polar surface area (TPSA) is 24.9 Å². The first-order chi connectivity index (χ1) is 16.4. The van der Waals surface area contributed by atoms with E-state index in [1.807, 2.05) is 18.6 Å². The molecule has 2 heteroatoms. The summed E-state index contributed by atoms with van der Waals surface area (Å²) in [6, 6.07) is 15.6. The van der Waals surface area contributed by atoms with E-state index in [2.05, 4.69) is 83.1 Å². The molecule has 8 rings (SSSR count). The molecular weight excluding hydrogens is 400 g/mol. The Morgan fingerprint density at radius 2 is 1.52 bits per heavy atom. The summed E-state index contributed by atoms with van der Waals surface area (Å²) in [5, 5.41) is 3.20. The van der Waals surface area contributed by atoms with Crippen molar-refractivity contribution in [1.29, 1.82) is 0 Å². The molecule has 2 aliphatic heterocycles. The zero-order valence-electron chi connectivity index (χ0n) is 18.9. The van der Waals surface area contributed by atoms with Gasteiger partial charge in [-0.2, -0.15) is 0 Å². The van der Waals surface area contributed by atoms with E-state index in [4.69, 9.17) is 0 Å². The second-order valence-corrected chi connectivity index (χ2v) is 9.08. The largest absolute Gasteiger partial charge is 0.365 e. The number of nitrogens with one attached hydrogen (secondary N) is 1. The molecule has 0 atom stereocenters. The Hall–Kier alpha value is -3.65. The van der Waals surface area contributed by atoms with Crippen molar-refractivity contribution in [1.82, 2.24) is 10.3 Å². The fourth-order valence-electron chi connectivity index (χ4n) is 5.47. The Morgan fingerprint density at radius 3 is 2.39 bits per heavy atom. The Kier molecular flexibility index (Phi) is 5.28. The van der Waals surface area contributed by atoms with Gasteiger partial charge in [-0.1, -0.05) is 48.6 Å². The third kappa shape index (κ3) is 3.87. The lowest BCUT2D eigenvalue weighted by molar-refractivity contribution is 0.874. The maximum Gasteiger partial charge on any atom is 0.0273 e. The fourth-order valence-corrected chi connectivity index (χ4v) is 5.47. The van der Waals surface area contributed by atoms with Gasteiger partial charge in [0.2, 0.25) is 0 Å². The molecule has 1 aromatic heterocycles. The van der Waals surface area contributed by atoms with E-state index in [0.717, 1.165) is 12.8 Å². The number of aromatic nitrogens is 1. The Morgan fingerprint density at radius 1 is 0.667 bits per heavy atom. The summed E-state index contributed by atoms with van der Waals surface area (Å²) in [5.41, 5.74) is 14.3. The molecule has 2 aromatic carbocycles. The van der Waals surface area contributed by atoms with Gasteiger partial charge < -0.3 is 5.32 Å². The van der Waals surface area contributed by atoms with E-state index >= 15 is 0 Å². The first-order valence-corrected chi connectivity index (χ1v) is 12.0. The van der Waals surface area contributed by atoms with E-state index in [1.165, 1.54) is 70.3 Å². The average molecular weight is 429 g/mol. The second-order valence-electron chi connectivity index (χ2n) is 9.08. The van der Waals surface area contributed by atoms with Crippen LogP contribution >= 0.6 is 0 Å². The summed E-state index contributed by atoms with van der Waals surface area (Å²) in [7, 11) is 0. The Labute approximate surface area is 196 Å². The summed E-state index contributed by atoms with van der Waals surface area (Å²) >= 11 is 0. The SMILES string of the molecule is C1=CC2=CC=C(CC2)N1.C1=Cc2ccc3c(c2CC1)CCc1c(-c2ccncc2)cccc1-3. The van der Waals surface area contributed by atoms with E-state index in [0.29, 0.717) is 0 Å². The van der Waals surface area contributed by atoms with Crippen LogP contribution in [-0.4, -0.2) is 4.98 Å². The molecule has 5 aliphatic rings. The van der Waals surface area contributed by atoms with Crippen molar-refractivity contribution >= 4 is 6.08 Å². The standard InChI is InChI=1S/C23H19N.C8H9N/c1-2-5-18-16(4-1)8-9-23-20-7-3-6-19(17-12-14-24-15-13-17)21(20)10-11-22(18)23;1-3-8-4-2-7(1)5-6-9-8/h1,3-4,6-9,12-15H,2,5,10-11H2;1,3,5-6,9H,2,4H2. The van der Waals surface area contributed by atoms with Crippen molar-refractivity contribution in [3.8, 4) is 22.3 Å². The van der Waals surface area contributed by atoms with Gasteiger partial charge in [0, 0.05) is 24.3 Å². The molecule has 0 spiro atoms. The Bertz CT molecular complexity index is 1320. The smallest absolute Gasteiger partial charge is 0.0273 e. The van der Waals surface area contributed by atoms with E-state index in [1.54, 1.807) is 11.1 Å². The van der Waals surface area contributed by atoms with Gasteiger partial charge in [0.15, 0.2) is 0 Å². The molecule has 2 nitrogen and oxygen atoms in total.